The number of pyridine rings is 1. The summed E-state index contributed by atoms with van der Waals surface area (Å²) in [6, 6.07) is 2.03. The molecule has 0 aliphatic carbocycles. The minimum absolute atomic E-state index is 0.102. The van der Waals surface area contributed by atoms with Crippen LogP contribution in [0.25, 0.3) is 0 Å². The summed E-state index contributed by atoms with van der Waals surface area (Å²) in [5.74, 6) is 0. The number of aryl methyl sites for hydroxylation is 1. The molecule has 90 valence electrons. The molecule has 16 heavy (non-hydrogen) atoms. The molecule has 2 nitrogen and oxygen atoms in total. The number of nitrogens with zero attached hydrogens (tertiary/aromatic N) is 1. The van der Waals surface area contributed by atoms with E-state index in [-0.39, 0.29) is 16.5 Å². The van der Waals surface area contributed by atoms with Crippen LogP contribution in [-0.2, 0) is 11.0 Å². The normalized spacial score (nSPS) is 12.9. The third kappa shape index (κ3) is 2.37. The highest BCUT2D eigenvalue weighted by molar-refractivity contribution is 5.29. The quantitative estimate of drug-likeness (QED) is 0.659. The van der Waals surface area contributed by atoms with E-state index >= 15 is 0 Å². The molecule has 0 unspecified atom stereocenters. The van der Waals surface area contributed by atoms with E-state index < -0.39 is 0 Å². The summed E-state index contributed by atoms with van der Waals surface area (Å²) in [6.45, 7) is 14.4. The zero-order valence-electron chi connectivity index (χ0n) is 11.5. The minimum atomic E-state index is -0.162. The van der Waals surface area contributed by atoms with E-state index in [9.17, 15) is 4.79 Å². The maximum absolute atomic E-state index is 12.4. The Labute approximate surface area is 98.3 Å². The van der Waals surface area contributed by atoms with Crippen LogP contribution in [-0.4, -0.2) is 4.57 Å². The summed E-state index contributed by atoms with van der Waals surface area (Å²) in [5, 5.41) is 0. The fourth-order valence-electron chi connectivity index (χ4n) is 2.07. The van der Waals surface area contributed by atoms with Gasteiger partial charge in [0.2, 0.25) is 0 Å². The van der Waals surface area contributed by atoms with Crippen LogP contribution >= 0.6 is 0 Å². The van der Waals surface area contributed by atoms with Crippen molar-refractivity contribution in [3.63, 3.8) is 0 Å². The van der Waals surface area contributed by atoms with Crippen molar-refractivity contribution in [1.29, 1.82) is 0 Å². The van der Waals surface area contributed by atoms with Gasteiger partial charge in [0.1, 0.15) is 0 Å². The third-order valence-corrected chi connectivity index (χ3v) is 2.77. The van der Waals surface area contributed by atoms with E-state index in [1.54, 1.807) is 0 Å². The summed E-state index contributed by atoms with van der Waals surface area (Å²) in [5.41, 5.74) is 1.88. The number of rotatable bonds is 0. The van der Waals surface area contributed by atoms with E-state index in [1.165, 1.54) is 0 Å². The second kappa shape index (κ2) is 3.76. The van der Waals surface area contributed by atoms with E-state index in [2.05, 4.69) is 41.5 Å². The summed E-state index contributed by atoms with van der Waals surface area (Å²) >= 11 is 0. The van der Waals surface area contributed by atoms with Gasteiger partial charge < -0.3 is 4.57 Å². The molecule has 1 aromatic heterocycles. The standard InChI is InChI=1S/C14H23NO/c1-10-8-9-15(14(5,6)7)12(16)11(10)13(2,3)4/h8-9H,1-7H3. The molecule has 1 rings (SSSR count). The van der Waals surface area contributed by atoms with Gasteiger partial charge in [-0.25, -0.2) is 0 Å². The zero-order chi connectivity index (χ0) is 12.7. The van der Waals surface area contributed by atoms with Crippen LogP contribution in [0.15, 0.2) is 17.1 Å². The third-order valence-electron chi connectivity index (χ3n) is 2.77. The molecule has 0 atom stereocenters. The molecule has 1 heterocycles. The molecule has 0 aromatic carbocycles. The molecule has 0 radical (unpaired) electrons. The van der Waals surface area contributed by atoms with Crippen LogP contribution in [0.4, 0.5) is 0 Å². The topological polar surface area (TPSA) is 22.0 Å². The molecule has 0 N–H and O–H groups in total. The number of hydrogen-bond acceptors (Lipinski definition) is 1. The maximum Gasteiger partial charge on any atom is 0.255 e. The fourth-order valence-corrected chi connectivity index (χ4v) is 2.07. The molecule has 0 saturated carbocycles. The first kappa shape index (κ1) is 13.0. The van der Waals surface area contributed by atoms with Gasteiger partial charge in [0.05, 0.1) is 0 Å². The molecular formula is C14H23NO. The van der Waals surface area contributed by atoms with Gasteiger partial charge in [0, 0.05) is 17.3 Å². The molecule has 0 saturated heterocycles. The molecule has 0 bridgehead atoms. The Kier molecular flexibility index (Phi) is 3.06. The Morgan fingerprint density at radius 1 is 1.06 bits per heavy atom. The van der Waals surface area contributed by atoms with Gasteiger partial charge in [-0.05, 0) is 44.7 Å². The molecule has 2 heteroatoms. The molecule has 0 aliphatic heterocycles. The molecular weight excluding hydrogens is 198 g/mol. The average molecular weight is 221 g/mol. The first-order valence-electron chi connectivity index (χ1n) is 5.78. The first-order chi connectivity index (χ1) is 7.05. The summed E-state index contributed by atoms with van der Waals surface area (Å²) in [7, 11) is 0. The van der Waals surface area contributed by atoms with E-state index in [0.717, 1.165) is 11.1 Å². The molecule has 0 fully saturated rings. The Hall–Kier alpha value is -1.05. The van der Waals surface area contributed by atoms with Crippen molar-refractivity contribution in [1.82, 2.24) is 4.57 Å². The lowest BCUT2D eigenvalue weighted by Crippen LogP contribution is -2.38. The lowest BCUT2D eigenvalue weighted by atomic mass is 9.85. The highest BCUT2D eigenvalue weighted by Crippen LogP contribution is 2.23. The van der Waals surface area contributed by atoms with Crippen LogP contribution in [0.1, 0.15) is 52.7 Å². The van der Waals surface area contributed by atoms with E-state index in [4.69, 9.17) is 0 Å². The van der Waals surface area contributed by atoms with E-state index in [0.29, 0.717) is 0 Å². The lowest BCUT2D eigenvalue weighted by Gasteiger charge is -2.27. The van der Waals surface area contributed by atoms with Gasteiger partial charge in [-0.3, -0.25) is 4.79 Å². The van der Waals surface area contributed by atoms with Crippen molar-refractivity contribution < 1.29 is 0 Å². The Morgan fingerprint density at radius 3 is 1.94 bits per heavy atom. The van der Waals surface area contributed by atoms with Crippen molar-refractivity contribution in [2.75, 3.05) is 0 Å². The SMILES string of the molecule is Cc1ccn(C(C)(C)C)c(=O)c1C(C)(C)C. The highest BCUT2D eigenvalue weighted by Gasteiger charge is 2.24. The number of hydrogen-bond donors (Lipinski definition) is 0. The van der Waals surface area contributed by atoms with Gasteiger partial charge in [-0.2, -0.15) is 0 Å². The van der Waals surface area contributed by atoms with Crippen molar-refractivity contribution in [2.24, 2.45) is 0 Å². The number of aromatic nitrogens is 1. The van der Waals surface area contributed by atoms with Crippen LogP contribution in [0, 0.1) is 6.92 Å². The predicted octanol–water partition coefficient (Wildman–Crippen LogP) is 3.21. The average Bonchev–Trinajstić information content (AvgIpc) is 1.97. The minimum Gasteiger partial charge on any atom is -0.310 e. The molecule has 0 amide bonds. The zero-order valence-corrected chi connectivity index (χ0v) is 11.5. The van der Waals surface area contributed by atoms with Crippen molar-refractivity contribution in [2.45, 2.75) is 59.4 Å². The van der Waals surface area contributed by atoms with Gasteiger partial charge in [-0.1, -0.05) is 20.8 Å². The monoisotopic (exact) mass is 221 g/mol. The molecule has 0 aliphatic rings. The smallest absolute Gasteiger partial charge is 0.255 e. The largest absolute Gasteiger partial charge is 0.310 e. The summed E-state index contributed by atoms with van der Waals surface area (Å²) < 4.78 is 1.82. The second-order valence-electron chi connectivity index (χ2n) is 6.47. The molecule has 0 spiro atoms. The predicted molar refractivity (Wildman–Crippen MR) is 69.1 cm³/mol. The van der Waals surface area contributed by atoms with Gasteiger partial charge >= 0.3 is 0 Å². The van der Waals surface area contributed by atoms with Crippen LogP contribution < -0.4 is 5.56 Å². The Balaban J connectivity index is 3.59. The summed E-state index contributed by atoms with van der Waals surface area (Å²) in [4.78, 5) is 12.4. The van der Waals surface area contributed by atoms with Crippen molar-refractivity contribution in [3.05, 3.63) is 33.7 Å². The van der Waals surface area contributed by atoms with E-state index in [1.807, 2.05) is 23.8 Å². The Morgan fingerprint density at radius 2 is 1.56 bits per heavy atom. The second-order valence-corrected chi connectivity index (χ2v) is 6.47. The first-order valence-corrected chi connectivity index (χ1v) is 5.78. The maximum atomic E-state index is 12.4. The fraction of sp³-hybridized carbons (Fsp3) is 0.643. The van der Waals surface area contributed by atoms with Gasteiger partial charge in [-0.15, -0.1) is 0 Å². The van der Waals surface area contributed by atoms with Crippen LogP contribution in [0.3, 0.4) is 0 Å². The van der Waals surface area contributed by atoms with Crippen molar-refractivity contribution >= 4 is 0 Å². The Bertz CT molecular complexity index is 441. The van der Waals surface area contributed by atoms with Crippen LogP contribution in [0.5, 0.6) is 0 Å². The van der Waals surface area contributed by atoms with Crippen molar-refractivity contribution in [3.8, 4) is 0 Å². The summed E-state index contributed by atoms with van der Waals surface area (Å²) in [6.07, 6.45) is 1.90. The van der Waals surface area contributed by atoms with Gasteiger partial charge in [0.25, 0.3) is 5.56 Å². The molecule has 1 aromatic rings. The van der Waals surface area contributed by atoms with Crippen LogP contribution in [0.2, 0.25) is 0 Å². The lowest BCUT2D eigenvalue weighted by molar-refractivity contribution is 0.377. The highest BCUT2D eigenvalue weighted by atomic mass is 16.1. The van der Waals surface area contributed by atoms with Gasteiger partial charge in [0.15, 0.2) is 0 Å².